The Balaban J connectivity index is 0.000000275. The van der Waals surface area contributed by atoms with E-state index in [2.05, 4.69) is 45.7 Å². The molecule has 1 aliphatic rings. The van der Waals surface area contributed by atoms with Crippen molar-refractivity contribution in [2.45, 2.75) is 31.0 Å². The van der Waals surface area contributed by atoms with Crippen molar-refractivity contribution in [3.63, 3.8) is 0 Å². The number of halogens is 2. The molecule has 0 aliphatic carbocycles. The van der Waals surface area contributed by atoms with Gasteiger partial charge in [-0.1, -0.05) is 41.4 Å². The van der Waals surface area contributed by atoms with E-state index in [0.717, 1.165) is 24.3 Å². The van der Waals surface area contributed by atoms with Crippen LogP contribution in [0.4, 0.5) is 0 Å². The quantitative estimate of drug-likeness (QED) is 0.206. The second-order valence-corrected chi connectivity index (χ2v) is 9.25. The number of nitrogens with one attached hydrogen (secondary N) is 1. The first-order valence-electron chi connectivity index (χ1n) is 11.2. The summed E-state index contributed by atoms with van der Waals surface area (Å²) >= 11 is 12.3. The number of nitrogens with zero attached hydrogens (tertiary/aromatic N) is 3. The Hall–Kier alpha value is -3.09. The molecule has 2 aromatic carbocycles. The number of rotatable bonds is 5. The summed E-state index contributed by atoms with van der Waals surface area (Å²) in [6.45, 7) is 1.74. The third-order valence-electron chi connectivity index (χ3n) is 6.02. The molecule has 6 N–H and O–H groups in total. The highest BCUT2D eigenvalue weighted by Gasteiger charge is 2.28. The number of aliphatic carboxylic acids is 1. The van der Waals surface area contributed by atoms with Crippen molar-refractivity contribution in [1.29, 1.82) is 0 Å². The Morgan fingerprint density at radius 2 is 1.76 bits per heavy atom. The van der Waals surface area contributed by atoms with E-state index >= 15 is 0 Å². The average molecular weight is 547 g/mol. The molecule has 3 heterocycles. The van der Waals surface area contributed by atoms with Crippen LogP contribution in [0.5, 0.6) is 0 Å². The van der Waals surface area contributed by atoms with Crippen LogP contribution in [-0.4, -0.2) is 71.1 Å². The molecule has 0 saturated carbocycles. The molecular weight excluding hydrogens is 523 g/mol. The first kappa shape index (κ1) is 27.0. The predicted molar refractivity (Wildman–Crippen MR) is 136 cm³/mol. The van der Waals surface area contributed by atoms with Gasteiger partial charge in [0, 0.05) is 30.8 Å². The largest absolute Gasteiger partial charge is 0.479 e. The van der Waals surface area contributed by atoms with Gasteiger partial charge in [0.25, 0.3) is 0 Å². The summed E-state index contributed by atoms with van der Waals surface area (Å²) in [6, 6.07) is 16.6. The van der Waals surface area contributed by atoms with Crippen molar-refractivity contribution >= 4 is 34.8 Å². The lowest BCUT2D eigenvalue weighted by Gasteiger charge is -2.27. The number of aliphatic hydroxyl groups is 4. The van der Waals surface area contributed by atoms with Crippen LogP contribution < -0.4 is 5.32 Å². The summed E-state index contributed by atoms with van der Waals surface area (Å²) in [5.41, 5.74) is 6.94. The van der Waals surface area contributed by atoms with Crippen LogP contribution in [0, 0.1) is 0 Å². The molecule has 0 bridgehead atoms. The van der Waals surface area contributed by atoms with Crippen LogP contribution >= 0.6 is 23.2 Å². The highest BCUT2D eigenvalue weighted by molar-refractivity contribution is 6.42. The second-order valence-electron chi connectivity index (χ2n) is 8.44. The van der Waals surface area contributed by atoms with E-state index in [-0.39, 0.29) is 5.92 Å². The number of pyridine rings is 1. The van der Waals surface area contributed by atoms with E-state index in [1.54, 1.807) is 10.8 Å². The molecule has 1 unspecified atom stereocenters. The van der Waals surface area contributed by atoms with E-state index in [0.29, 0.717) is 10.0 Å². The Morgan fingerprint density at radius 1 is 1.00 bits per heavy atom. The summed E-state index contributed by atoms with van der Waals surface area (Å²) in [6.07, 6.45) is -2.90. The molecule has 4 aromatic rings. The van der Waals surface area contributed by atoms with E-state index in [9.17, 15) is 4.79 Å². The monoisotopic (exact) mass is 546 g/mol. The van der Waals surface area contributed by atoms with Gasteiger partial charge in [0.15, 0.2) is 18.0 Å². The molecule has 37 heavy (non-hydrogen) atoms. The van der Waals surface area contributed by atoms with Crippen molar-refractivity contribution in [2.75, 3.05) is 6.54 Å². The molecule has 1 aliphatic heterocycles. The fourth-order valence-corrected chi connectivity index (χ4v) is 4.37. The number of carbonyl (C=O) groups is 1. The van der Waals surface area contributed by atoms with E-state index in [4.69, 9.17) is 48.7 Å². The van der Waals surface area contributed by atoms with Gasteiger partial charge in [-0.3, -0.25) is 0 Å². The van der Waals surface area contributed by atoms with Gasteiger partial charge in [0.1, 0.15) is 12.4 Å². The predicted octanol–water partition coefficient (Wildman–Crippen LogP) is 2.04. The van der Waals surface area contributed by atoms with E-state index in [1.807, 2.05) is 24.4 Å². The number of aromatic nitrogens is 3. The molecule has 0 radical (unpaired) electrons. The summed E-state index contributed by atoms with van der Waals surface area (Å²) in [5.74, 6) is -1.45. The van der Waals surface area contributed by atoms with Crippen molar-refractivity contribution < 1.29 is 30.3 Å². The molecule has 5 rings (SSSR count). The van der Waals surface area contributed by atoms with Crippen LogP contribution in [0.2, 0.25) is 10.0 Å². The normalized spacial score (nSPS) is 16.6. The zero-order valence-corrected chi connectivity index (χ0v) is 20.8. The second kappa shape index (κ2) is 11.5. The molecule has 2 aromatic heterocycles. The first-order chi connectivity index (χ1) is 17.7. The molecule has 10 nitrogen and oxygen atoms in total. The maximum Gasteiger partial charge on any atom is 0.335 e. The zero-order valence-electron chi connectivity index (χ0n) is 19.2. The van der Waals surface area contributed by atoms with Crippen LogP contribution in [0.3, 0.4) is 0 Å². The molecule has 0 amide bonds. The number of aliphatic hydroxyl groups excluding tert-OH is 3. The maximum atomic E-state index is 9.81. The summed E-state index contributed by atoms with van der Waals surface area (Å²) in [5, 5.41) is 50.0. The Kier molecular flexibility index (Phi) is 8.40. The maximum absolute atomic E-state index is 9.81. The number of fused-ring (bicyclic) bond motifs is 2. The van der Waals surface area contributed by atoms with Gasteiger partial charge in [0.05, 0.1) is 10.0 Å². The Labute approximate surface area is 221 Å². The van der Waals surface area contributed by atoms with Crippen molar-refractivity contribution in [2.24, 2.45) is 0 Å². The van der Waals surface area contributed by atoms with Gasteiger partial charge in [-0.2, -0.15) is 5.10 Å². The number of carboxylic acids is 1. The average Bonchev–Trinajstić information content (AvgIpc) is 3.37. The number of benzene rings is 2. The molecular formula is C25H24Cl2N4O6. The molecule has 12 heteroatoms. The summed E-state index contributed by atoms with van der Waals surface area (Å²) in [4.78, 5) is 14.0. The third-order valence-corrected chi connectivity index (χ3v) is 6.76. The minimum absolute atomic E-state index is 0.260. The minimum Gasteiger partial charge on any atom is -0.479 e. The third kappa shape index (κ3) is 6.08. The number of carboxylic acid groups (broad SMARTS) is 1. The number of hydrogen-bond acceptors (Lipinski definition) is 8. The van der Waals surface area contributed by atoms with Gasteiger partial charge in [-0.05, 0) is 52.6 Å². The lowest BCUT2D eigenvalue weighted by Crippen LogP contribution is -2.41. The van der Waals surface area contributed by atoms with Crippen LogP contribution in [0.1, 0.15) is 22.6 Å². The molecule has 0 spiro atoms. The Bertz CT molecular complexity index is 1410. The highest BCUT2D eigenvalue weighted by atomic mass is 35.5. The molecule has 0 saturated heterocycles. The van der Waals surface area contributed by atoms with Crippen LogP contribution in [0.15, 0.2) is 61.1 Å². The lowest BCUT2D eigenvalue weighted by molar-refractivity contribution is -0.180. The van der Waals surface area contributed by atoms with Crippen LogP contribution in [-0.2, 0) is 11.3 Å². The molecule has 3 atom stereocenters. The van der Waals surface area contributed by atoms with Gasteiger partial charge in [0.2, 0.25) is 0 Å². The minimum atomic E-state index is -2.24. The summed E-state index contributed by atoms with van der Waals surface area (Å²) < 4.78 is 1.80. The highest BCUT2D eigenvalue weighted by Crippen LogP contribution is 2.35. The van der Waals surface area contributed by atoms with Gasteiger partial charge >= 0.3 is 5.97 Å². The van der Waals surface area contributed by atoms with Crippen molar-refractivity contribution in [1.82, 2.24) is 19.9 Å². The summed E-state index contributed by atoms with van der Waals surface area (Å²) in [7, 11) is 0. The fourth-order valence-electron chi connectivity index (χ4n) is 4.06. The standard InChI is InChI=1S/C21H16Cl2N4.C4H8O6/c22-19-5-2-14(8-20(19)23)18-10-24-9-16-7-13(1-4-17(16)18)15-3-6-21-25-12-26-27(21)11-15;5-1(3(7)8)2(6)4(9)10/h1-8,11-12,18,24H,9-10H2;1-3,5-8H,(H,9,10)/t;1-,2-/m.1/s1. The van der Waals surface area contributed by atoms with Gasteiger partial charge < -0.3 is 30.8 Å². The first-order valence-corrected chi connectivity index (χ1v) is 11.9. The molecule has 0 fully saturated rings. The van der Waals surface area contributed by atoms with Crippen molar-refractivity contribution in [3.8, 4) is 11.1 Å². The fraction of sp³-hybridized carbons (Fsp3) is 0.240. The zero-order chi connectivity index (χ0) is 26.7. The van der Waals surface area contributed by atoms with E-state index in [1.165, 1.54) is 22.3 Å². The van der Waals surface area contributed by atoms with Crippen molar-refractivity contribution in [3.05, 3.63) is 87.8 Å². The number of hydrogen-bond donors (Lipinski definition) is 6. The smallest absolute Gasteiger partial charge is 0.335 e. The van der Waals surface area contributed by atoms with Crippen LogP contribution in [0.25, 0.3) is 16.8 Å². The topological polar surface area (TPSA) is 160 Å². The molecule has 194 valence electrons. The van der Waals surface area contributed by atoms with Gasteiger partial charge in [-0.25, -0.2) is 14.3 Å². The van der Waals surface area contributed by atoms with Gasteiger partial charge in [-0.15, -0.1) is 0 Å². The Morgan fingerprint density at radius 3 is 2.43 bits per heavy atom. The SMILES string of the molecule is Clc1ccc(C2CNCc3cc(-c4ccc5ncnn5c4)ccc32)cc1Cl.O=C(O)[C@H](O)[C@@H](O)C(O)O. The van der Waals surface area contributed by atoms with E-state index < -0.39 is 24.5 Å². The lowest BCUT2D eigenvalue weighted by atomic mass is 9.84.